The number of rotatable bonds is 1. The first kappa shape index (κ1) is 12.4. The normalized spacial score (nSPS) is 9.90. The van der Waals surface area contributed by atoms with Gasteiger partial charge in [0.25, 0.3) is 0 Å². The summed E-state index contributed by atoms with van der Waals surface area (Å²) in [6.45, 7) is -2.01. The summed E-state index contributed by atoms with van der Waals surface area (Å²) in [5, 5.41) is 28.6. The molecule has 0 aliphatic heterocycles. The van der Waals surface area contributed by atoms with Gasteiger partial charge in [-0.05, 0) is 0 Å². The molecule has 10 heavy (non-hydrogen) atoms. The fraction of sp³-hybridized carbons (Fsp3) is 1.00. The molecule has 0 amide bonds. The number of hydrogen-bond donors (Lipinski definition) is 4. The van der Waals surface area contributed by atoms with Crippen molar-refractivity contribution in [2.45, 2.75) is 6.11 Å². The van der Waals surface area contributed by atoms with Crippen molar-refractivity contribution in [3.8, 4) is 0 Å². The smallest absolute Gasteiger partial charge is 0.402 e. The molecule has 0 rings (SSSR count). The predicted molar refractivity (Wildman–Crippen MR) is 25.6 cm³/mol. The molecule has 0 unspecified atom stereocenters. The molecular formula is C2H6BF3O4. The van der Waals surface area contributed by atoms with Crippen molar-refractivity contribution < 1.29 is 33.3 Å². The summed E-state index contributed by atoms with van der Waals surface area (Å²) in [6, 6.07) is 0. The van der Waals surface area contributed by atoms with Gasteiger partial charge in [0.05, 0.1) is 0 Å². The Morgan fingerprint density at radius 1 is 1.20 bits per heavy atom. The number of aliphatic hydroxyl groups is 1. The van der Waals surface area contributed by atoms with Crippen molar-refractivity contribution in [2.24, 2.45) is 0 Å². The predicted octanol–water partition coefficient (Wildman–Crippen LogP) is -1.51. The van der Waals surface area contributed by atoms with Crippen LogP contribution in [0.2, 0.25) is 0 Å². The Labute approximate surface area is 54.7 Å². The van der Waals surface area contributed by atoms with Crippen molar-refractivity contribution in [3.05, 3.63) is 0 Å². The van der Waals surface area contributed by atoms with Gasteiger partial charge >= 0.3 is 13.4 Å². The van der Waals surface area contributed by atoms with Gasteiger partial charge in [0.2, 0.25) is 0 Å². The van der Waals surface area contributed by atoms with E-state index in [2.05, 4.69) is 0 Å². The maximum absolute atomic E-state index is 10.6. The fourth-order valence-corrected chi connectivity index (χ4v) is 0. The number of hydrogen-bond acceptors (Lipinski definition) is 4. The van der Waals surface area contributed by atoms with Crippen LogP contribution >= 0.6 is 0 Å². The zero-order valence-corrected chi connectivity index (χ0v) is 4.71. The standard InChI is InChI=1S/C2H3F3O.BH3O3/c3-1-2(4,5)6;2-1(3)4/h6H,1H2;2-4H. The lowest BCUT2D eigenvalue weighted by Gasteiger charge is -1.97. The molecule has 62 valence electrons. The zero-order valence-electron chi connectivity index (χ0n) is 4.71. The maximum atomic E-state index is 10.6. The van der Waals surface area contributed by atoms with Crippen LogP contribution in [0, 0.1) is 0 Å². The highest BCUT2D eigenvalue weighted by molar-refractivity contribution is 6.30. The van der Waals surface area contributed by atoms with E-state index in [0.717, 1.165) is 0 Å². The van der Waals surface area contributed by atoms with Crippen LogP contribution in [0.15, 0.2) is 0 Å². The molecule has 4 nitrogen and oxygen atoms in total. The Bertz CT molecular complexity index is 70.6. The fourth-order valence-electron chi connectivity index (χ4n) is 0. The molecule has 8 heteroatoms. The van der Waals surface area contributed by atoms with Gasteiger partial charge in [0, 0.05) is 0 Å². The lowest BCUT2D eigenvalue weighted by atomic mass is 10.3. The summed E-state index contributed by atoms with van der Waals surface area (Å²) in [7, 11) is -2.17. The second-order valence-corrected chi connectivity index (χ2v) is 1.15. The molecule has 0 aromatic heterocycles. The maximum Gasteiger partial charge on any atom is 0.631 e. The molecule has 0 radical (unpaired) electrons. The van der Waals surface area contributed by atoms with Gasteiger partial charge in [-0.1, -0.05) is 0 Å². The third-order valence-electron chi connectivity index (χ3n) is 0.161. The summed E-state index contributed by atoms with van der Waals surface area (Å²) < 4.78 is 31.8. The second kappa shape index (κ2) is 5.48. The first-order valence-corrected chi connectivity index (χ1v) is 2.00. The average Bonchev–Trinajstić information content (AvgIpc) is 1.63. The zero-order chi connectivity index (χ0) is 8.78. The van der Waals surface area contributed by atoms with Crippen molar-refractivity contribution in [1.82, 2.24) is 0 Å². The monoisotopic (exact) mass is 162 g/mol. The highest BCUT2D eigenvalue weighted by Gasteiger charge is 2.22. The highest BCUT2D eigenvalue weighted by Crippen LogP contribution is 2.06. The minimum absolute atomic E-state index is 2.01. The van der Waals surface area contributed by atoms with Gasteiger partial charge < -0.3 is 20.2 Å². The summed E-state index contributed by atoms with van der Waals surface area (Å²) in [4.78, 5) is 0. The topological polar surface area (TPSA) is 80.9 Å². The van der Waals surface area contributed by atoms with E-state index >= 15 is 0 Å². The van der Waals surface area contributed by atoms with E-state index in [1.54, 1.807) is 0 Å². The van der Waals surface area contributed by atoms with Crippen LogP contribution in [0.3, 0.4) is 0 Å². The van der Waals surface area contributed by atoms with Gasteiger partial charge in [0.15, 0.2) is 6.67 Å². The second-order valence-electron chi connectivity index (χ2n) is 1.15. The van der Waals surface area contributed by atoms with Gasteiger partial charge in [-0.15, -0.1) is 0 Å². The van der Waals surface area contributed by atoms with E-state index in [1.807, 2.05) is 0 Å². The molecule has 0 fully saturated rings. The van der Waals surface area contributed by atoms with E-state index in [0.29, 0.717) is 0 Å². The Kier molecular flexibility index (Phi) is 6.78. The third kappa shape index (κ3) is 47.5. The highest BCUT2D eigenvalue weighted by atomic mass is 19.3. The minimum Gasteiger partial charge on any atom is -0.402 e. The summed E-state index contributed by atoms with van der Waals surface area (Å²) in [5.41, 5.74) is 0. The molecular weight excluding hydrogens is 156 g/mol. The molecule has 4 N–H and O–H groups in total. The van der Waals surface area contributed by atoms with Crippen molar-refractivity contribution >= 4 is 7.32 Å². The van der Waals surface area contributed by atoms with E-state index in [-0.39, 0.29) is 0 Å². The average molecular weight is 162 g/mol. The molecule has 0 aliphatic carbocycles. The lowest BCUT2D eigenvalue weighted by molar-refractivity contribution is -0.208. The van der Waals surface area contributed by atoms with Crippen LogP contribution in [-0.2, 0) is 0 Å². The van der Waals surface area contributed by atoms with Crippen molar-refractivity contribution in [1.29, 1.82) is 0 Å². The van der Waals surface area contributed by atoms with Crippen LogP contribution < -0.4 is 0 Å². The van der Waals surface area contributed by atoms with Gasteiger partial charge in [-0.3, -0.25) is 0 Å². The quantitative estimate of drug-likeness (QED) is 0.353. The molecule has 0 aliphatic rings. The molecule has 0 bridgehead atoms. The van der Waals surface area contributed by atoms with Crippen LogP contribution in [0.25, 0.3) is 0 Å². The Hall–Kier alpha value is -0.305. The molecule has 0 aromatic rings. The van der Waals surface area contributed by atoms with Crippen LogP contribution in [0.5, 0.6) is 0 Å². The van der Waals surface area contributed by atoms with Gasteiger partial charge in [-0.2, -0.15) is 8.78 Å². The largest absolute Gasteiger partial charge is 0.631 e. The number of alkyl halides is 3. The van der Waals surface area contributed by atoms with Crippen molar-refractivity contribution in [3.63, 3.8) is 0 Å². The van der Waals surface area contributed by atoms with E-state index < -0.39 is 20.1 Å². The molecule has 0 saturated heterocycles. The van der Waals surface area contributed by atoms with Gasteiger partial charge in [0.1, 0.15) is 0 Å². The minimum atomic E-state index is -4.12. The summed E-state index contributed by atoms with van der Waals surface area (Å²) >= 11 is 0. The third-order valence-corrected chi connectivity index (χ3v) is 0.161. The molecule has 0 heterocycles. The first-order chi connectivity index (χ1) is 4.29. The summed E-state index contributed by atoms with van der Waals surface area (Å²) in [6.07, 6.45) is -4.12. The Morgan fingerprint density at radius 3 is 1.30 bits per heavy atom. The lowest BCUT2D eigenvalue weighted by Crippen LogP contribution is -2.15. The first-order valence-electron chi connectivity index (χ1n) is 2.00. The molecule has 0 spiro atoms. The van der Waals surface area contributed by atoms with E-state index in [4.69, 9.17) is 20.2 Å². The van der Waals surface area contributed by atoms with Crippen molar-refractivity contribution in [2.75, 3.05) is 6.67 Å². The molecule has 0 aromatic carbocycles. The van der Waals surface area contributed by atoms with Crippen LogP contribution in [0.1, 0.15) is 0 Å². The van der Waals surface area contributed by atoms with Gasteiger partial charge in [-0.25, -0.2) is 4.39 Å². The van der Waals surface area contributed by atoms with Crippen LogP contribution in [0.4, 0.5) is 13.2 Å². The van der Waals surface area contributed by atoms with Crippen LogP contribution in [-0.4, -0.2) is 40.3 Å². The van der Waals surface area contributed by atoms with E-state index in [1.165, 1.54) is 0 Å². The summed E-state index contributed by atoms with van der Waals surface area (Å²) in [5.74, 6) is 0. The molecule has 0 saturated carbocycles. The van der Waals surface area contributed by atoms with E-state index in [9.17, 15) is 13.2 Å². The molecule has 0 atom stereocenters. The Morgan fingerprint density at radius 2 is 1.30 bits per heavy atom. The Balaban J connectivity index is 0. The SMILES string of the molecule is OB(O)O.OC(F)(F)CF. The number of halogens is 3.